The molecular formula is C15H11Cl2N3O2S2. The van der Waals surface area contributed by atoms with Gasteiger partial charge in [0.05, 0.1) is 9.90 Å². The fourth-order valence-electron chi connectivity index (χ4n) is 1.80. The molecule has 0 aliphatic carbocycles. The van der Waals surface area contributed by atoms with Gasteiger partial charge in [0.25, 0.3) is 5.91 Å². The Balaban J connectivity index is 1.64. The summed E-state index contributed by atoms with van der Waals surface area (Å²) in [5.41, 5.74) is 0. The molecule has 9 heteroatoms. The first kappa shape index (κ1) is 17.2. The van der Waals surface area contributed by atoms with Crippen LogP contribution in [-0.2, 0) is 4.79 Å². The summed E-state index contributed by atoms with van der Waals surface area (Å²) in [6.45, 7) is 1.63. The third-order valence-corrected chi connectivity index (χ3v) is 5.36. The fraction of sp³-hybridized carbons (Fsp3) is 0.133. The van der Waals surface area contributed by atoms with Crippen LogP contribution in [0.4, 0.5) is 5.13 Å². The Bertz CT molecular complexity index is 852. The number of aromatic nitrogens is 2. The monoisotopic (exact) mass is 399 g/mol. The highest BCUT2D eigenvalue weighted by Gasteiger charge is 2.18. The van der Waals surface area contributed by atoms with E-state index in [1.807, 2.05) is 17.5 Å². The second-order valence-corrected chi connectivity index (χ2v) is 7.48. The predicted octanol–water partition coefficient (Wildman–Crippen LogP) is 4.98. The number of hydrogen-bond acceptors (Lipinski definition) is 6. The standard InChI is InChI=1S/C15H11Cl2N3O2S2/c1-8(22-11-5-4-9(16)7-10(11)17)13(21)18-15-20-19-14(24-15)12-3-2-6-23-12/h2-8H,1H3,(H,18,20,21). The molecule has 1 amide bonds. The zero-order valence-electron chi connectivity index (χ0n) is 12.3. The molecule has 0 aliphatic rings. The Kier molecular flexibility index (Phi) is 5.35. The highest BCUT2D eigenvalue weighted by molar-refractivity contribution is 7.23. The van der Waals surface area contributed by atoms with Crippen LogP contribution in [0.1, 0.15) is 6.92 Å². The molecule has 0 bridgehead atoms. The van der Waals surface area contributed by atoms with Crippen molar-refractivity contribution in [3.8, 4) is 15.6 Å². The van der Waals surface area contributed by atoms with Crippen molar-refractivity contribution in [1.29, 1.82) is 0 Å². The van der Waals surface area contributed by atoms with Gasteiger partial charge in [-0.15, -0.1) is 21.5 Å². The summed E-state index contributed by atoms with van der Waals surface area (Å²) >= 11 is 14.7. The molecule has 2 heterocycles. The zero-order chi connectivity index (χ0) is 17.1. The predicted molar refractivity (Wildman–Crippen MR) is 98.4 cm³/mol. The minimum Gasteiger partial charge on any atom is -0.479 e. The van der Waals surface area contributed by atoms with E-state index in [1.165, 1.54) is 11.3 Å². The van der Waals surface area contributed by atoms with Crippen molar-refractivity contribution >= 4 is 56.9 Å². The first-order valence-corrected chi connectivity index (χ1v) is 9.28. The third kappa shape index (κ3) is 4.05. The van der Waals surface area contributed by atoms with Crippen molar-refractivity contribution in [2.24, 2.45) is 0 Å². The largest absolute Gasteiger partial charge is 0.479 e. The minimum atomic E-state index is -0.752. The molecule has 1 atom stereocenters. The summed E-state index contributed by atoms with van der Waals surface area (Å²) < 4.78 is 5.57. The molecule has 1 N–H and O–H groups in total. The van der Waals surface area contributed by atoms with Crippen LogP contribution in [-0.4, -0.2) is 22.2 Å². The molecule has 0 fully saturated rings. The van der Waals surface area contributed by atoms with Gasteiger partial charge in [0, 0.05) is 5.02 Å². The highest BCUT2D eigenvalue weighted by atomic mass is 35.5. The molecule has 0 saturated carbocycles. The molecule has 0 spiro atoms. The highest BCUT2D eigenvalue weighted by Crippen LogP contribution is 2.30. The lowest BCUT2D eigenvalue weighted by Crippen LogP contribution is -2.30. The van der Waals surface area contributed by atoms with Crippen LogP contribution in [0.2, 0.25) is 10.0 Å². The first-order chi connectivity index (χ1) is 11.5. The fourth-order valence-corrected chi connectivity index (χ4v) is 3.79. The molecule has 0 saturated heterocycles. The van der Waals surface area contributed by atoms with E-state index in [1.54, 1.807) is 36.5 Å². The first-order valence-electron chi connectivity index (χ1n) is 6.83. The number of rotatable bonds is 5. The van der Waals surface area contributed by atoms with Gasteiger partial charge in [0.15, 0.2) is 11.1 Å². The van der Waals surface area contributed by atoms with E-state index in [0.29, 0.717) is 20.9 Å². The van der Waals surface area contributed by atoms with E-state index in [4.69, 9.17) is 27.9 Å². The van der Waals surface area contributed by atoms with Crippen LogP contribution < -0.4 is 10.1 Å². The quantitative estimate of drug-likeness (QED) is 0.656. The van der Waals surface area contributed by atoms with Crippen LogP contribution in [0.3, 0.4) is 0 Å². The van der Waals surface area contributed by atoms with E-state index in [-0.39, 0.29) is 5.91 Å². The van der Waals surface area contributed by atoms with E-state index in [9.17, 15) is 4.79 Å². The zero-order valence-corrected chi connectivity index (χ0v) is 15.5. The molecule has 5 nitrogen and oxygen atoms in total. The number of anilines is 1. The Labute approximate surface area is 156 Å². The number of carbonyl (C=O) groups excluding carboxylic acids is 1. The van der Waals surface area contributed by atoms with E-state index in [2.05, 4.69) is 15.5 Å². The lowest BCUT2D eigenvalue weighted by atomic mass is 10.3. The summed E-state index contributed by atoms with van der Waals surface area (Å²) in [5, 5.41) is 14.7. The van der Waals surface area contributed by atoms with Gasteiger partial charge in [0.1, 0.15) is 5.75 Å². The summed E-state index contributed by atoms with van der Waals surface area (Å²) in [5.74, 6) is 0.0511. The number of nitrogens with one attached hydrogen (secondary N) is 1. The summed E-state index contributed by atoms with van der Waals surface area (Å²) in [7, 11) is 0. The van der Waals surface area contributed by atoms with Crippen molar-refractivity contribution in [3.05, 3.63) is 45.8 Å². The summed E-state index contributed by atoms with van der Waals surface area (Å²) in [6, 6.07) is 8.71. The molecule has 124 valence electrons. The van der Waals surface area contributed by atoms with Gasteiger partial charge in [-0.3, -0.25) is 10.1 Å². The van der Waals surface area contributed by atoms with Gasteiger partial charge in [0.2, 0.25) is 5.13 Å². The number of nitrogens with zero attached hydrogens (tertiary/aromatic N) is 2. The van der Waals surface area contributed by atoms with E-state index < -0.39 is 6.10 Å². The molecule has 0 aliphatic heterocycles. The second-order valence-electron chi connectivity index (χ2n) is 4.71. The van der Waals surface area contributed by atoms with E-state index in [0.717, 1.165) is 9.88 Å². The maximum atomic E-state index is 12.2. The SMILES string of the molecule is CC(Oc1ccc(Cl)cc1Cl)C(=O)Nc1nnc(-c2cccs2)s1. The number of thiophene rings is 1. The number of halogens is 2. The van der Waals surface area contributed by atoms with Crippen molar-refractivity contribution in [1.82, 2.24) is 10.2 Å². The Hall–Kier alpha value is -1.67. The summed E-state index contributed by atoms with van der Waals surface area (Å²) in [6.07, 6.45) is -0.752. The number of ether oxygens (including phenoxy) is 1. The van der Waals surface area contributed by atoms with Crippen LogP contribution in [0.25, 0.3) is 9.88 Å². The summed E-state index contributed by atoms with van der Waals surface area (Å²) in [4.78, 5) is 13.2. The van der Waals surface area contributed by atoms with Gasteiger partial charge in [-0.25, -0.2) is 0 Å². The Morgan fingerprint density at radius 3 is 2.83 bits per heavy atom. The van der Waals surface area contributed by atoms with Gasteiger partial charge < -0.3 is 4.74 Å². The maximum Gasteiger partial charge on any atom is 0.266 e. The van der Waals surface area contributed by atoms with Gasteiger partial charge in [-0.2, -0.15) is 0 Å². The van der Waals surface area contributed by atoms with E-state index >= 15 is 0 Å². The Morgan fingerprint density at radius 2 is 2.12 bits per heavy atom. The third-order valence-electron chi connectivity index (χ3n) is 2.95. The molecular weight excluding hydrogens is 389 g/mol. The molecule has 1 aromatic carbocycles. The lowest BCUT2D eigenvalue weighted by molar-refractivity contribution is -0.122. The number of amides is 1. The van der Waals surface area contributed by atoms with Gasteiger partial charge in [-0.05, 0) is 36.6 Å². The number of hydrogen-bond donors (Lipinski definition) is 1. The molecule has 2 aromatic heterocycles. The van der Waals surface area contributed by atoms with Crippen molar-refractivity contribution in [2.45, 2.75) is 13.0 Å². The average Bonchev–Trinajstić information content (AvgIpc) is 3.20. The molecule has 3 aromatic rings. The minimum absolute atomic E-state index is 0.338. The maximum absolute atomic E-state index is 12.2. The normalized spacial score (nSPS) is 12.0. The van der Waals surface area contributed by atoms with Crippen molar-refractivity contribution < 1.29 is 9.53 Å². The van der Waals surface area contributed by atoms with Crippen LogP contribution in [0.15, 0.2) is 35.7 Å². The van der Waals surface area contributed by atoms with Crippen LogP contribution in [0, 0.1) is 0 Å². The van der Waals surface area contributed by atoms with Gasteiger partial charge >= 0.3 is 0 Å². The molecule has 3 rings (SSSR count). The van der Waals surface area contributed by atoms with Gasteiger partial charge in [-0.1, -0.05) is 40.6 Å². The molecule has 1 unspecified atom stereocenters. The Morgan fingerprint density at radius 1 is 1.29 bits per heavy atom. The van der Waals surface area contributed by atoms with Crippen LogP contribution in [0.5, 0.6) is 5.75 Å². The van der Waals surface area contributed by atoms with Crippen molar-refractivity contribution in [3.63, 3.8) is 0 Å². The van der Waals surface area contributed by atoms with Crippen molar-refractivity contribution in [2.75, 3.05) is 5.32 Å². The number of benzene rings is 1. The second kappa shape index (κ2) is 7.48. The molecule has 24 heavy (non-hydrogen) atoms. The topological polar surface area (TPSA) is 64.1 Å². The average molecular weight is 400 g/mol. The lowest BCUT2D eigenvalue weighted by Gasteiger charge is -2.14. The smallest absolute Gasteiger partial charge is 0.266 e. The molecule has 0 radical (unpaired) electrons. The number of carbonyl (C=O) groups is 1. The van der Waals surface area contributed by atoms with Crippen LogP contribution >= 0.6 is 45.9 Å².